The zero-order valence-corrected chi connectivity index (χ0v) is 11.1. The van der Waals surface area contributed by atoms with Gasteiger partial charge in [0, 0.05) is 13.0 Å². The van der Waals surface area contributed by atoms with Gasteiger partial charge in [0.1, 0.15) is 0 Å². The molecule has 1 rings (SSSR count). The van der Waals surface area contributed by atoms with E-state index in [1.807, 2.05) is 0 Å². The van der Waals surface area contributed by atoms with Gasteiger partial charge in [-0.3, -0.25) is 4.79 Å². The zero-order valence-electron chi connectivity index (χ0n) is 11.1. The second kappa shape index (κ2) is 6.93. The molecule has 0 saturated heterocycles. The first-order valence-corrected chi connectivity index (χ1v) is 6.85. The molecular weight excluding hydrogens is 198 g/mol. The van der Waals surface area contributed by atoms with Gasteiger partial charge in [0.05, 0.1) is 0 Å². The van der Waals surface area contributed by atoms with E-state index >= 15 is 0 Å². The summed E-state index contributed by atoms with van der Waals surface area (Å²) in [6.45, 7) is 6.22. The van der Waals surface area contributed by atoms with E-state index in [2.05, 4.69) is 19.2 Å². The monoisotopic (exact) mass is 225 g/mol. The zero-order chi connectivity index (χ0) is 12.0. The average Bonchev–Trinajstić information content (AvgIpc) is 2.19. The molecule has 0 aromatic carbocycles. The topological polar surface area (TPSA) is 29.1 Å². The maximum absolute atomic E-state index is 10.9. The molecule has 0 aliphatic heterocycles. The van der Waals surface area contributed by atoms with Crippen LogP contribution in [-0.2, 0) is 4.79 Å². The molecule has 0 spiro atoms. The molecule has 0 aromatic rings. The molecule has 0 radical (unpaired) electrons. The molecule has 16 heavy (non-hydrogen) atoms. The van der Waals surface area contributed by atoms with Gasteiger partial charge in [0.15, 0.2) is 0 Å². The van der Waals surface area contributed by atoms with Crippen molar-refractivity contribution in [2.24, 2.45) is 11.8 Å². The van der Waals surface area contributed by atoms with Crippen molar-refractivity contribution in [2.75, 3.05) is 0 Å². The minimum Gasteiger partial charge on any atom is -0.354 e. The van der Waals surface area contributed by atoms with E-state index in [1.165, 1.54) is 44.9 Å². The Morgan fingerprint density at radius 1 is 1.25 bits per heavy atom. The van der Waals surface area contributed by atoms with Crippen molar-refractivity contribution in [1.29, 1.82) is 0 Å². The highest BCUT2D eigenvalue weighted by Crippen LogP contribution is 2.28. The Hall–Kier alpha value is -0.530. The van der Waals surface area contributed by atoms with E-state index < -0.39 is 0 Å². The first-order chi connectivity index (χ1) is 7.58. The number of carbonyl (C=O) groups excluding carboxylic acids is 1. The fourth-order valence-corrected chi connectivity index (χ4v) is 2.70. The normalized spacial score (nSPS) is 25.8. The third-order valence-electron chi connectivity index (χ3n) is 3.65. The molecule has 1 saturated carbocycles. The van der Waals surface area contributed by atoms with Crippen LogP contribution in [-0.4, -0.2) is 11.9 Å². The van der Waals surface area contributed by atoms with E-state index in [0.717, 1.165) is 11.8 Å². The molecule has 1 amide bonds. The van der Waals surface area contributed by atoms with E-state index in [9.17, 15) is 4.79 Å². The molecule has 2 nitrogen and oxygen atoms in total. The van der Waals surface area contributed by atoms with Gasteiger partial charge in [0.25, 0.3) is 0 Å². The molecule has 0 heterocycles. The number of rotatable bonds is 5. The lowest BCUT2D eigenvalue weighted by molar-refractivity contribution is -0.119. The number of amides is 1. The van der Waals surface area contributed by atoms with Gasteiger partial charge >= 0.3 is 0 Å². The molecule has 94 valence electrons. The van der Waals surface area contributed by atoms with Crippen LogP contribution in [0, 0.1) is 11.8 Å². The van der Waals surface area contributed by atoms with Gasteiger partial charge in [-0.15, -0.1) is 0 Å². The molecule has 1 N–H and O–H groups in total. The van der Waals surface area contributed by atoms with E-state index in [-0.39, 0.29) is 5.91 Å². The van der Waals surface area contributed by atoms with E-state index in [0.29, 0.717) is 6.04 Å². The summed E-state index contributed by atoms with van der Waals surface area (Å²) in [6.07, 6.45) is 9.13. The van der Waals surface area contributed by atoms with Crippen molar-refractivity contribution in [3.05, 3.63) is 0 Å². The van der Waals surface area contributed by atoms with Crippen molar-refractivity contribution in [1.82, 2.24) is 5.32 Å². The molecule has 2 heteroatoms. The first-order valence-electron chi connectivity index (χ1n) is 6.85. The lowest BCUT2D eigenvalue weighted by Gasteiger charge is -2.29. The number of hydrogen-bond donors (Lipinski definition) is 1. The van der Waals surface area contributed by atoms with Crippen molar-refractivity contribution in [3.8, 4) is 0 Å². The minimum atomic E-state index is 0.128. The fourth-order valence-electron chi connectivity index (χ4n) is 2.70. The van der Waals surface area contributed by atoms with Crippen LogP contribution in [0.1, 0.15) is 65.7 Å². The molecule has 0 bridgehead atoms. The smallest absolute Gasteiger partial charge is 0.217 e. The summed E-state index contributed by atoms with van der Waals surface area (Å²) in [4.78, 5) is 10.9. The number of carbonyl (C=O) groups is 1. The standard InChI is InChI=1S/C14H27NO/c1-11(2)5-4-6-13-7-9-14(10-8-13)15-12(3)16/h11,13-14H,4-10H2,1-3H3,(H,15,16). The summed E-state index contributed by atoms with van der Waals surface area (Å²) in [5.41, 5.74) is 0. The van der Waals surface area contributed by atoms with Gasteiger partial charge in [-0.1, -0.05) is 33.1 Å². The number of hydrogen-bond acceptors (Lipinski definition) is 1. The second-order valence-electron chi connectivity index (χ2n) is 5.74. The highest BCUT2D eigenvalue weighted by molar-refractivity contribution is 5.73. The molecule has 1 fully saturated rings. The molecule has 0 aromatic heterocycles. The van der Waals surface area contributed by atoms with Gasteiger partial charge in [-0.05, 0) is 37.5 Å². The summed E-state index contributed by atoms with van der Waals surface area (Å²) in [6, 6.07) is 0.457. The average molecular weight is 225 g/mol. The molecule has 1 aliphatic rings. The van der Waals surface area contributed by atoms with Crippen LogP contribution < -0.4 is 5.32 Å². The van der Waals surface area contributed by atoms with Crippen molar-refractivity contribution < 1.29 is 4.79 Å². The lowest BCUT2D eigenvalue weighted by atomic mass is 9.82. The van der Waals surface area contributed by atoms with Crippen LogP contribution in [0.15, 0.2) is 0 Å². The highest BCUT2D eigenvalue weighted by Gasteiger charge is 2.21. The predicted molar refractivity (Wildman–Crippen MR) is 68.3 cm³/mol. The van der Waals surface area contributed by atoms with Gasteiger partial charge in [-0.2, -0.15) is 0 Å². The second-order valence-corrected chi connectivity index (χ2v) is 5.74. The first kappa shape index (κ1) is 13.5. The molecular formula is C14H27NO. The maximum atomic E-state index is 10.9. The minimum absolute atomic E-state index is 0.128. The van der Waals surface area contributed by atoms with Gasteiger partial charge in [-0.25, -0.2) is 0 Å². The molecule has 0 unspecified atom stereocenters. The maximum Gasteiger partial charge on any atom is 0.217 e. The van der Waals surface area contributed by atoms with Crippen molar-refractivity contribution in [2.45, 2.75) is 71.8 Å². The summed E-state index contributed by atoms with van der Waals surface area (Å²) in [5.74, 6) is 1.89. The van der Waals surface area contributed by atoms with Crippen LogP contribution in [0.5, 0.6) is 0 Å². The SMILES string of the molecule is CC(=O)NC1CCC(CCCC(C)C)CC1. The summed E-state index contributed by atoms with van der Waals surface area (Å²) < 4.78 is 0. The Balaban J connectivity index is 2.10. The Kier molecular flexibility index (Phi) is 5.86. The lowest BCUT2D eigenvalue weighted by Crippen LogP contribution is -2.36. The Morgan fingerprint density at radius 3 is 2.38 bits per heavy atom. The van der Waals surface area contributed by atoms with E-state index in [4.69, 9.17) is 0 Å². The van der Waals surface area contributed by atoms with Crippen molar-refractivity contribution >= 4 is 5.91 Å². The third kappa shape index (κ3) is 5.53. The van der Waals surface area contributed by atoms with Crippen LogP contribution in [0.3, 0.4) is 0 Å². The van der Waals surface area contributed by atoms with Crippen molar-refractivity contribution in [3.63, 3.8) is 0 Å². The Bertz CT molecular complexity index is 205. The highest BCUT2D eigenvalue weighted by atomic mass is 16.1. The van der Waals surface area contributed by atoms with Crippen LogP contribution in [0.2, 0.25) is 0 Å². The van der Waals surface area contributed by atoms with Gasteiger partial charge in [0.2, 0.25) is 5.91 Å². The van der Waals surface area contributed by atoms with E-state index in [1.54, 1.807) is 6.92 Å². The molecule has 0 atom stereocenters. The summed E-state index contributed by atoms with van der Waals surface area (Å²) >= 11 is 0. The third-order valence-corrected chi connectivity index (χ3v) is 3.65. The predicted octanol–water partition coefficient (Wildman–Crippen LogP) is 3.51. The van der Waals surface area contributed by atoms with Crippen LogP contribution >= 0.6 is 0 Å². The quantitative estimate of drug-likeness (QED) is 0.762. The fraction of sp³-hybridized carbons (Fsp3) is 0.929. The Morgan fingerprint density at radius 2 is 1.88 bits per heavy atom. The molecule has 1 aliphatic carbocycles. The summed E-state index contributed by atoms with van der Waals surface area (Å²) in [5, 5.41) is 3.04. The van der Waals surface area contributed by atoms with Crippen LogP contribution in [0.25, 0.3) is 0 Å². The Labute approximate surface area is 100 Å². The van der Waals surface area contributed by atoms with Crippen LogP contribution in [0.4, 0.5) is 0 Å². The van der Waals surface area contributed by atoms with Gasteiger partial charge < -0.3 is 5.32 Å². The summed E-state index contributed by atoms with van der Waals surface area (Å²) in [7, 11) is 0. The number of nitrogens with one attached hydrogen (secondary N) is 1. The largest absolute Gasteiger partial charge is 0.354 e.